The first kappa shape index (κ1) is 20.3. The van der Waals surface area contributed by atoms with E-state index in [1.807, 2.05) is 24.3 Å². The topological polar surface area (TPSA) is 71.7 Å². The van der Waals surface area contributed by atoms with Gasteiger partial charge in [-0.15, -0.1) is 24.0 Å². The van der Waals surface area contributed by atoms with Crippen molar-refractivity contribution in [3.8, 4) is 5.88 Å². The highest BCUT2D eigenvalue weighted by molar-refractivity contribution is 14.0. The minimum atomic E-state index is 0. The maximum Gasteiger partial charge on any atom is 0.218 e. The molecule has 0 bridgehead atoms. The Morgan fingerprint density at radius 1 is 1.29 bits per heavy atom. The zero-order valence-corrected chi connectivity index (χ0v) is 16.4. The number of nitrogens with zero attached hydrogens (tertiary/aromatic N) is 2. The monoisotopic (exact) mass is 444 g/mol. The van der Waals surface area contributed by atoms with Gasteiger partial charge in [0.2, 0.25) is 5.88 Å². The molecule has 0 spiro atoms. The predicted octanol–water partition coefficient (Wildman–Crippen LogP) is 2.99. The van der Waals surface area contributed by atoms with E-state index >= 15 is 0 Å². The molecule has 0 amide bonds. The van der Waals surface area contributed by atoms with Crippen LogP contribution in [0.1, 0.15) is 24.7 Å². The van der Waals surface area contributed by atoms with Gasteiger partial charge in [0, 0.05) is 38.3 Å². The summed E-state index contributed by atoms with van der Waals surface area (Å²) in [5, 5.41) is 6.53. The zero-order chi connectivity index (χ0) is 16.3. The van der Waals surface area contributed by atoms with Crippen LogP contribution in [0.5, 0.6) is 5.88 Å². The first-order valence-electron chi connectivity index (χ1n) is 7.87. The summed E-state index contributed by atoms with van der Waals surface area (Å²) in [5.74, 6) is 2.37. The van der Waals surface area contributed by atoms with Crippen molar-refractivity contribution in [2.24, 2.45) is 4.99 Å². The molecule has 2 heterocycles. The Kier molecular flexibility index (Phi) is 9.90. The standard InChI is InChI=1S/C17H24N4O2.HI/c1-3-11-23-16-14(6-4-9-19-16)13-21-17(18-2)20-10-8-15-7-5-12-22-15;/h4-7,9,12H,3,8,10-11,13H2,1-2H3,(H2,18,20,21);1H. The Morgan fingerprint density at radius 2 is 2.17 bits per heavy atom. The first-order chi connectivity index (χ1) is 11.3. The fourth-order valence-corrected chi connectivity index (χ4v) is 2.05. The number of hydrogen-bond donors (Lipinski definition) is 2. The number of furan rings is 1. The molecule has 2 aromatic rings. The summed E-state index contributed by atoms with van der Waals surface area (Å²) in [5.41, 5.74) is 1.01. The van der Waals surface area contributed by atoms with Gasteiger partial charge in [0.25, 0.3) is 0 Å². The van der Waals surface area contributed by atoms with Crippen molar-refractivity contribution in [2.75, 3.05) is 20.2 Å². The molecule has 0 radical (unpaired) electrons. The van der Waals surface area contributed by atoms with Gasteiger partial charge in [-0.25, -0.2) is 4.98 Å². The third-order valence-corrected chi connectivity index (χ3v) is 3.21. The normalized spacial score (nSPS) is 10.8. The van der Waals surface area contributed by atoms with Crippen molar-refractivity contribution in [1.29, 1.82) is 0 Å². The van der Waals surface area contributed by atoms with Gasteiger partial charge in [-0.3, -0.25) is 4.99 Å². The van der Waals surface area contributed by atoms with Crippen LogP contribution >= 0.6 is 24.0 Å². The van der Waals surface area contributed by atoms with Gasteiger partial charge in [-0.2, -0.15) is 0 Å². The number of pyridine rings is 1. The maximum absolute atomic E-state index is 5.66. The molecule has 6 nitrogen and oxygen atoms in total. The van der Waals surface area contributed by atoms with E-state index in [1.54, 1.807) is 19.5 Å². The van der Waals surface area contributed by atoms with E-state index in [-0.39, 0.29) is 24.0 Å². The lowest BCUT2D eigenvalue weighted by Gasteiger charge is -2.13. The van der Waals surface area contributed by atoms with Gasteiger partial charge in [0.05, 0.1) is 12.9 Å². The highest BCUT2D eigenvalue weighted by Crippen LogP contribution is 2.14. The van der Waals surface area contributed by atoms with E-state index in [9.17, 15) is 0 Å². The van der Waals surface area contributed by atoms with Crippen LogP contribution in [0.25, 0.3) is 0 Å². The van der Waals surface area contributed by atoms with Crippen LogP contribution in [0.2, 0.25) is 0 Å². The second-order valence-corrected chi connectivity index (χ2v) is 5.00. The van der Waals surface area contributed by atoms with E-state index in [0.717, 1.165) is 36.7 Å². The Labute approximate surface area is 160 Å². The summed E-state index contributed by atoms with van der Waals surface area (Å²) in [4.78, 5) is 8.50. The lowest BCUT2D eigenvalue weighted by atomic mass is 10.2. The van der Waals surface area contributed by atoms with Crippen molar-refractivity contribution >= 4 is 29.9 Å². The van der Waals surface area contributed by atoms with Gasteiger partial charge >= 0.3 is 0 Å². The molecule has 2 aromatic heterocycles. The second-order valence-electron chi connectivity index (χ2n) is 5.00. The smallest absolute Gasteiger partial charge is 0.218 e. The first-order valence-corrected chi connectivity index (χ1v) is 7.87. The number of rotatable bonds is 8. The summed E-state index contributed by atoms with van der Waals surface area (Å²) in [6.45, 7) is 4.10. The molecule has 132 valence electrons. The molecule has 0 aromatic carbocycles. The highest BCUT2D eigenvalue weighted by atomic mass is 127. The number of nitrogens with one attached hydrogen (secondary N) is 2. The fraction of sp³-hybridized carbons (Fsp3) is 0.412. The third-order valence-electron chi connectivity index (χ3n) is 3.21. The molecular formula is C17H25IN4O2. The average Bonchev–Trinajstić information content (AvgIpc) is 3.10. The van der Waals surface area contributed by atoms with Crippen molar-refractivity contribution in [2.45, 2.75) is 26.3 Å². The summed E-state index contributed by atoms with van der Waals surface area (Å²) in [6, 6.07) is 7.76. The number of aliphatic imine (C=N–C) groups is 1. The summed E-state index contributed by atoms with van der Waals surface area (Å²) in [6.07, 6.45) is 5.19. The summed E-state index contributed by atoms with van der Waals surface area (Å²) >= 11 is 0. The Morgan fingerprint density at radius 3 is 2.88 bits per heavy atom. The van der Waals surface area contributed by atoms with Crippen LogP contribution < -0.4 is 15.4 Å². The number of aromatic nitrogens is 1. The number of guanidine groups is 1. The van der Waals surface area contributed by atoms with Crippen molar-refractivity contribution in [3.63, 3.8) is 0 Å². The molecule has 0 aliphatic heterocycles. The van der Waals surface area contributed by atoms with Crippen LogP contribution in [0, 0.1) is 0 Å². The number of halogens is 1. The minimum absolute atomic E-state index is 0. The van der Waals surface area contributed by atoms with E-state index < -0.39 is 0 Å². The summed E-state index contributed by atoms with van der Waals surface area (Å²) < 4.78 is 11.0. The van der Waals surface area contributed by atoms with Crippen molar-refractivity contribution in [1.82, 2.24) is 15.6 Å². The van der Waals surface area contributed by atoms with Crippen molar-refractivity contribution < 1.29 is 9.15 Å². The zero-order valence-electron chi connectivity index (χ0n) is 14.1. The molecular weight excluding hydrogens is 419 g/mol. The molecule has 0 saturated heterocycles. The predicted molar refractivity (Wildman–Crippen MR) is 106 cm³/mol. The molecule has 7 heteroatoms. The second kappa shape index (κ2) is 11.7. The quantitative estimate of drug-likeness (QED) is 0.372. The average molecular weight is 444 g/mol. The molecule has 0 atom stereocenters. The molecule has 2 rings (SSSR count). The number of ether oxygens (including phenoxy) is 1. The largest absolute Gasteiger partial charge is 0.477 e. The maximum atomic E-state index is 5.66. The highest BCUT2D eigenvalue weighted by Gasteiger charge is 2.06. The lowest BCUT2D eigenvalue weighted by Crippen LogP contribution is -2.37. The SMILES string of the molecule is CCCOc1ncccc1CNC(=NC)NCCc1ccco1.I. The molecule has 0 aliphatic carbocycles. The third kappa shape index (κ3) is 6.77. The molecule has 24 heavy (non-hydrogen) atoms. The van der Waals surface area contributed by atoms with E-state index in [2.05, 4.69) is 27.5 Å². The van der Waals surface area contributed by atoms with Crippen LogP contribution in [0.15, 0.2) is 46.1 Å². The Bertz CT molecular complexity index is 602. The molecule has 0 saturated carbocycles. The van der Waals surface area contributed by atoms with E-state index in [4.69, 9.17) is 9.15 Å². The van der Waals surface area contributed by atoms with E-state index in [0.29, 0.717) is 19.0 Å². The van der Waals surface area contributed by atoms with Crippen LogP contribution in [0.3, 0.4) is 0 Å². The van der Waals surface area contributed by atoms with Gasteiger partial charge in [0.15, 0.2) is 5.96 Å². The van der Waals surface area contributed by atoms with E-state index in [1.165, 1.54) is 0 Å². The lowest BCUT2D eigenvalue weighted by molar-refractivity contribution is 0.301. The summed E-state index contributed by atoms with van der Waals surface area (Å²) in [7, 11) is 1.75. The van der Waals surface area contributed by atoms with Gasteiger partial charge in [-0.05, 0) is 24.6 Å². The van der Waals surface area contributed by atoms with Gasteiger partial charge < -0.3 is 19.8 Å². The fourth-order valence-electron chi connectivity index (χ4n) is 2.05. The Balaban J connectivity index is 0.00000288. The van der Waals surface area contributed by atoms with Crippen LogP contribution in [0.4, 0.5) is 0 Å². The van der Waals surface area contributed by atoms with Gasteiger partial charge in [-0.1, -0.05) is 13.0 Å². The number of hydrogen-bond acceptors (Lipinski definition) is 4. The molecule has 2 N–H and O–H groups in total. The minimum Gasteiger partial charge on any atom is -0.477 e. The van der Waals surface area contributed by atoms with Gasteiger partial charge in [0.1, 0.15) is 5.76 Å². The molecule has 0 aliphatic rings. The Hall–Kier alpha value is -1.77. The molecule has 0 fully saturated rings. The van der Waals surface area contributed by atoms with Crippen LogP contribution in [-0.2, 0) is 13.0 Å². The van der Waals surface area contributed by atoms with Crippen molar-refractivity contribution in [3.05, 3.63) is 48.0 Å². The molecule has 0 unspecified atom stereocenters. The van der Waals surface area contributed by atoms with Crippen LogP contribution in [-0.4, -0.2) is 31.1 Å².